The average Bonchev–Trinajstić information content (AvgIpc) is 2.40. The van der Waals surface area contributed by atoms with Gasteiger partial charge in [-0.2, -0.15) is 0 Å². The number of nitrogens with zero attached hydrogens (tertiary/aromatic N) is 3. The molecule has 0 aliphatic heterocycles. The lowest BCUT2D eigenvalue weighted by Crippen LogP contribution is -2.18. The van der Waals surface area contributed by atoms with Crippen LogP contribution < -0.4 is 0 Å². The normalized spacial score (nSPS) is 12.8. The van der Waals surface area contributed by atoms with E-state index in [1.807, 2.05) is 0 Å². The van der Waals surface area contributed by atoms with Gasteiger partial charge in [-0.05, 0) is 6.42 Å². The maximum atomic E-state index is 10.5. The molecule has 1 aromatic heterocycles. The Morgan fingerprint density at radius 1 is 1.82 bits per heavy atom. The standard InChI is InChI=1S/C6H9N3O2/c1-2-5(6(10)11)9-4-3-7-8-9/h3-5H,2H2,1H3,(H,10,11). The second-order valence-corrected chi connectivity index (χ2v) is 2.15. The first-order chi connectivity index (χ1) is 5.25. The molecule has 1 atom stereocenters. The summed E-state index contributed by atoms with van der Waals surface area (Å²) in [5.74, 6) is -0.877. The molecule has 1 aromatic rings. The maximum Gasteiger partial charge on any atom is 0.328 e. The Labute approximate surface area is 63.6 Å². The van der Waals surface area contributed by atoms with Crippen molar-refractivity contribution >= 4 is 5.97 Å². The third-order valence-corrected chi connectivity index (χ3v) is 1.43. The molecule has 5 nitrogen and oxygen atoms in total. The van der Waals surface area contributed by atoms with E-state index >= 15 is 0 Å². The van der Waals surface area contributed by atoms with E-state index < -0.39 is 12.0 Å². The Morgan fingerprint density at radius 3 is 2.91 bits per heavy atom. The van der Waals surface area contributed by atoms with Crippen molar-refractivity contribution in [2.24, 2.45) is 0 Å². The molecule has 0 aliphatic carbocycles. The summed E-state index contributed by atoms with van der Waals surface area (Å²) in [6, 6.07) is -0.586. The van der Waals surface area contributed by atoms with Crippen LogP contribution in [0.25, 0.3) is 0 Å². The molecule has 0 radical (unpaired) electrons. The number of hydrogen-bond donors (Lipinski definition) is 1. The molecule has 0 aromatic carbocycles. The number of carboxylic acid groups (broad SMARTS) is 1. The van der Waals surface area contributed by atoms with Crippen LogP contribution in [0, 0.1) is 0 Å². The van der Waals surface area contributed by atoms with Crippen LogP contribution in [0.2, 0.25) is 0 Å². The van der Waals surface area contributed by atoms with Gasteiger partial charge in [-0.3, -0.25) is 0 Å². The highest BCUT2D eigenvalue weighted by Gasteiger charge is 2.16. The summed E-state index contributed by atoms with van der Waals surface area (Å²) in [4.78, 5) is 10.5. The molecule has 0 aliphatic rings. The van der Waals surface area contributed by atoms with E-state index in [0.717, 1.165) is 0 Å². The minimum atomic E-state index is -0.877. The highest BCUT2D eigenvalue weighted by atomic mass is 16.4. The average molecular weight is 155 g/mol. The van der Waals surface area contributed by atoms with E-state index in [4.69, 9.17) is 5.11 Å². The Hall–Kier alpha value is -1.39. The highest BCUT2D eigenvalue weighted by Crippen LogP contribution is 2.07. The predicted octanol–water partition coefficient (Wildman–Crippen LogP) is 0.314. The molecule has 11 heavy (non-hydrogen) atoms. The molecule has 0 amide bonds. The van der Waals surface area contributed by atoms with Gasteiger partial charge in [0.15, 0.2) is 6.04 Å². The molecule has 1 rings (SSSR count). The van der Waals surface area contributed by atoms with E-state index in [2.05, 4.69) is 10.3 Å². The fourth-order valence-corrected chi connectivity index (χ4v) is 0.858. The second kappa shape index (κ2) is 3.14. The summed E-state index contributed by atoms with van der Waals surface area (Å²) in [5.41, 5.74) is 0. The SMILES string of the molecule is CCC(C(=O)O)n1ccnn1. The summed E-state index contributed by atoms with van der Waals surface area (Å²) >= 11 is 0. The first-order valence-electron chi connectivity index (χ1n) is 3.34. The molecule has 0 spiro atoms. The topological polar surface area (TPSA) is 68.0 Å². The first-order valence-corrected chi connectivity index (χ1v) is 3.34. The van der Waals surface area contributed by atoms with Crippen LogP contribution in [-0.2, 0) is 4.79 Å². The van der Waals surface area contributed by atoms with Crippen LogP contribution in [0.3, 0.4) is 0 Å². The fourth-order valence-electron chi connectivity index (χ4n) is 0.858. The van der Waals surface area contributed by atoms with Gasteiger partial charge in [0.25, 0.3) is 0 Å². The summed E-state index contributed by atoms with van der Waals surface area (Å²) in [5, 5.41) is 15.8. The van der Waals surface area contributed by atoms with Crippen molar-refractivity contribution in [3.8, 4) is 0 Å². The zero-order valence-electron chi connectivity index (χ0n) is 6.14. The molecular formula is C6H9N3O2. The molecule has 1 heterocycles. The van der Waals surface area contributed by atoms with Gasteiger partial charge < -0.3 is 5.11 Å². The van der Waals surface area contributed by atoms with E-state index in [1.54, 1.807) is 13.1 Å². The number of aromatic nitrogens is 3. The molecule has 1 N–H and O–H groups in total. The minimum absolute atomic E-state index is 0.513. The zero-order valence-corrected chi connectivity index (χ0v) is 6.14. The van der Waals surface area contributed by atoms with Crippen LogP contribution in [-0.4, -0.2) is 26.1 Å². The Balaban J connectivity index is 2.79. The van der Waals surface area contributed by atoms with Crippen LogP contribution in [0.15, 0.2) is 12.4 Å². The van der Waals surface area contributed by atoms with Crippen molar-refractivity contribution in [3.63, 3.8) is 0 Å². The fraction of sp³-hybridized carbons (Fsp3) is 0.500. The van der Waals surface area contributed by atoms with Crippen molar-refractivity contribution in [2.75, 3.05) is 0 Å². The summed E-state index contributed by atoms with van der Waals surface area (Å²) in [6.45, 7) is 1.79. The van der Waals surface area contributed by atoms with Gasteiger partial charge in [0, 0.05) is 6.20 Å². The van der Waals surface area contributed by atoms with Gasteiger partial charge in [0.2, 0.25) is 0 Å². The lowest BCUT2D eigenvalue weighted by molar-refractivity contribution is -0.141. The maximum absolute atomic E-state index is 10.5. The molecule has 0 bridgehead atoms. The number of carbonyl (C=O) groups is 1. The van der Waals surface area contributed by atoms with E-state index in [-0.39, 0.29) is 0 Å². The van der Waals surface area contributed by atoms with Crippen LogP contribution in [0.1, 0.15) is 19.4 Å². The van der Waals surface area contributed by atoms with Gasteiger partial charge in [-0.15, -0.1) is 5.10 Å². The van der Waals surface area contributed by atoms with E-state index in [9.17, 15) is 4.79 Å². The van der Waals surface area contributed by atoms with E-state index in [1.165, 1.54) is 10.9 Å². The minimum Gasteiger partial charge on any atom is -0.480 e. The second-order valence-electron chi connectivity index (χ2n) is 2.15. The van der Waals surface area contributed by atoms with Crippen molar-refractivity contribution in [1.29, 1.82) is 0 Å². The number of aliphatic carboxylic acids is 1. The quantitative estimate of drug-likeness (QED) is 0.682. The Bertz CT molecular complexity index is 232. The van der Waals surface area contributed by atoms with Gasteiger partial charge in [-0.25, -0.2) is 9.48 Å². The van der Waals surface area contributed by atoms with Gasteiger partial charge in [-0.1, -0.05) is 12.1 Å². The molecular weight excluding hydrogens is 146 g/mol. The molecule has 0 saturated heterocycles. The monoisotopic (exact) mass is 155 g/mol. The summed E-state index contributed by atoms with van der Waals surface area (Å²) in [6.07, 6.45) is 3.52. The van der Waals surface area contributed by atoms with Crippen LogP contribution in [0.5, 0.6) is 0 Å². The van der Waals surface area contributed by atoms with Crippen molar-refractivity contribution in [3.05, 3.63) is 12.4 Å². The lowest BCUT2D eigenvalue weighted by Gasteiger charge is -2.07. The number of rotatable bonds is 3. The largest absolute Gasteiger partial charge is 0.480 e. The van der Waals surface area contributed by atoms with Gasteiger partial charge >= 0.3 is 5.97 Å². The number of carboxylic acids is 1. The zero-order chi connectivity index (χ0) is 8.27. The smallest absolute Gasteiger partial charge is 0.328 e. The highest BCUT2D eigenvalue weighted by molar-refractivity contribution is 5.71. The predicted molar refractivity (Wildman–Crippen MR) is 37.0 cm³/mol. The van der Waals surface area contributed by atoms with Crippen molar-refractivity contribution < 1.29 is 9.90 Å². The van der Waals surface area contributed by atoms with Crippen molar-refractivity contribution in [1.82, 2.24) is 15.0 Å². The van der Waals surface area contributed by atoms with Crippen LogP contribution >= 0.6 is 0 Å². The summed E-state index contributed by atoms with van der Waals surface area (Å²) < 4.78 is 1.34. The van der Waals surface area contributed by atoms with Gasteiger partial charge in [0.1, 0.15) is 0 Å². The Kier molecular flexibility index (Phi) is 2.20. The van der Waals surface area contributed by atoms with Crippen LogP contribution in [0.4, 0.5) is 0 Å². The molecule has 60 valence electrons. The molecule has 1 unspecified atom stereocenters. The molecule has 0 fully saturated rings. The lowest BCUT2D eigenvalue weighted by atomic mass is 10.2. The van der Waals surface area contributed by atoms with Crippen molar-refractivity contribution in [2.45, 2.75) is 19.4 Å². The first kappa shape index (κ1) is 7.71. The number of hydrogen-bond acceptors (Lipinski definition) is 3. The third kappa shape index (κ3) is 1.54. The van der Waals surface area contributed by atoms with E-state index in [0.29, 0.717) is 6.42 Å². The van der Waals surface area contributed by atoms with Gasteiger partial charge in [0.05, 0.1) is 6.20 Å². The summed E-state index contributed by atoms with van der Waals surface area (Å²) in [7, 11) is 0. The Morgan fingerprint density at radius 2 is 2.55 bits per heavy atom. The third-order valence-electron chi connectivity index (χ3n) is 1.43. The molecule has 0 saturated carbocycles. The molecule has 5 heteroatoms.